The number of nitrogens with one attached hydrogen (secondary N) is 1. The first kappa shape index (κ1) is 20.9. The van der Waals surface area contributed by atoms with Crippen molar-refractivity contribution in [1.29, 1.82) is 0 Å². The summed E-state index contributed by atoms with van der Waals surface area (Å²) in [5.41, 5.74) is 1.21. The average molecular weight is 388 g/mol. The van der Waals surface area contributed by atoms with Crippen LogP contribution in [-0.4, -0.2) is 22.5 Å². The molecular weight excluding hydrogens is 364 g/mol. The zero-order valence-electron chi connectivity index (χ0n) is 15.7. The largest absolute Gasteiger partial charge is 0.481 e. The van der Waals surface area contributed by atoms with Crippen LogP contribution in [-0.2, 0) is 11.3 Å². The van der Waals surface area contributed by atoms with Gasteiger partial charge in [-0.15, -0.1) is 0 Å². The number of nitro groups is 1. The number of nitro benzene ring substituents is 1. The summed E-state index contributed by atoms with van der Waals surface area (Å²) in [6.45, 7) is 6.33. The van der Waals surface area contributed by atoms with Crippen molar-refractivity contribution >= 4 is 23.4 Å². The summed E-state index contributed by atoms with van der Waals surface area (Å²) >= 11 is 1.37. The molecule has 0 amide bonds. The third-order valence-corrected chi connectivity index (χ3v) is 5.38. The van der Waals surface area contributed by atoms with Crippen LogP contribution in [0.25, 0.3) is 0 Å². The fraction of sp³-hybridized carbons (Fsp3) is 0.350. The monoisotopic (exact) mass is 388 g/mol. The Morgan fingerprint density at radius 3 is 2.48 bits per heavy atom. The van der Waals surface area contributed by atoms with Crippen LogP contribution < -0.4 is 5.32 Å². The SMILES string of the molecule is Cc1ccc(Sc2ccc(CNCCC(C)(C)C(=O)O)cc2[N+](=O)[O-])cc1. The van der Waals surface area contributed by atoms with Crippen molar-refractivity contribution in [3.05, 3.63) is 63.7 Å². The fourth-order valence-electron chi connectivity index (χ4n) is 2.38. The number of hydrogen-bond donors (Lipinski definition) is 2. The zero-order valence-corrected chi connectivity index (χ0v) is 16.5. The van der Waals surface area contributed by atoms with Gasteiger partial charge in [0.2, 0.25) is 0 Å². The molecule has 2 aromatic rings. The maximum atomic E-state index is 11.5. The highest BCUT2D eigenvalue weighted by molar-refractivity contribution is 7.99. The molecule has 0 saturated carbocycles. The molecule has 0 aromatic heterocycles. The summed E-state index contributed by atoms with van der Waals surface area (Å²) in [4.78, 5) is 23.7. The highest BCUT2D eigenvalue weighted by Gasteiger charge is 2.26. The smallest absolute Gasteiger partial charge is 0.309 e. The number of benzene rings is 2. The molecule has 0 aliphatic heterocycles. The number of carboxylic acid groups (broad SMARTS) is 1. The van der Waals surface area contributed by atoms with E-state index >= 15 is 0 Å². The van der Waals surface area contributed by atoms with Crippen LogP contribution >= 0.6 is 11.8 Å². The quantitative estimate of drug-likeness (QED) is 0.369. The van der Waals surface area contributed by atoms with E-state index in [1.165, 1.54) is 11.8 Å². The lowest BCUT2D eigenvalue weighted by Crippen LogP contribution is -2.28. The summed E-state index contributed by atoms with van der Waals surface area (Å²) in [5.74, 6) is -0.836. The molecule has 0 heterocycles. The Morgan fingerprint density at radius 2 is 1.89 bits per heavy atom. The van der Waals surface area contributed by atoms with Crippen LogP contribution in [0.15, 0.2) is 52.3 Å². The second-order valence-corrected chi connectivity index (χ2v) is 8.21. The van der Waals surface area contributed by atoms with Gasteiger partial charge in [-0.25, -0.2) is 0 Å². The van der Waals surface area contributed by atoms with E-state index in [0.717, 1.165) is 16.0 Å². The third-order valence-electron chi connectivity index (χ3n) is 4.30. The van der Waals surface area contributed by atoms with E-state index in [4.69, 9.17) is 5.11 Å². The molecule has 144 valence electrons. The maximum absolute atomic E-state index is 11.5. The predicted molar refractivity (Wildman–Crippen MR) is 106 cm³/mol. The molecule has 0 spiro atoms. The van der Waals surface area contributed by atoms with Crippen LogP contribution in [0.2, 0.25) is 0 Å². The van der Waals surface area contributed by atoms with Gasteiger partial charge in [-0.05, 0) is 57.5 Å². The number of carbonyl (C=O) groups is 1. The summed E-state index contributed by atoms with van der Waals surface area (Å²) < 4.78 is 0. The Labute approximate surface area is 163 Å². The normalized spacial score (nSPS) is 11.4. The maximum Gasteiger partial charge on any atom is 0.309 e. The number of carboxylic acids is 1. The highest BCUT2D eigenvalue weighted by atomic mass is 32.2. The first-order valence-electron chi connectivity index (χ1n) is 8.65. The summed E-state index contributed by atoms with van der Waals surface area (Å²) in [7, 11) is 0. The molecule has 7 heteroatoms. The van der Waals surface area contributed by atoms with Crippen LogP contribution in [0, 0.1) is 22.5 Å². The summed E-state index contributed by atoms with van der Waals surface area (Å²) in [6.07, 6.45) is 0.478. The number of nitrogens with zero attached hydrogens (tertiary/aromatic N) is 1. The van der Waals surface area contributed by atoms with Gasteiger partial charge < -0.3 is 10.4 Å². The second kappa shape index (κ2) is 9.01. The molecule has 0 atom stereocenters. The van der Waals surface area contributed by atoms with E-state index in [1.54, 1.807) is 26.0 Å². The second-order valence-electron chi connectivity index (χ2n) is 7.09. The molecule has 0 saturated heterocycles. The van der Waals surface area contributed by atoms with E-state index in [0.29, 0.717) is 24.4 Å². The van der Waals surface area contributed by atoms with Gasteiger partial charge in [0.05, 0.1) is 15.2 Å². The van der Waals surface area contributed by atoms with Gasteiger partial charge in [-0.1, -0.05) is 35.5 Å². The van der Waals surface area contributed by atoms with Crippen molar-refractivity contribution in [1.82, 2.24) is 5.32 Å². The Bertz CT molecular complexity index is 819. The Hall–Kier alpha value is -2.38. The molecule has 27 heavy (non-hydrogen) atoms. The lowest BCUT2D eigenvalue weighted by atomic mass is 9.90. The Balaban J connectivity index is 2.03. The molecule has 2 aromatic carbocycles. The zero-order chi connectivity index (χ0) is 20.0. The van der Waals surface area contributed by atoms with Crippen LogP contribution in [0.5, 0.6) is 0 Å². The fourth-order valence-corrected chi connectivity index (χ4v) is 3.28. The minimum absolute atomic E-state index is 0.0748. The van der Waals surface area contributed by atoms with E-state index in [-0.39, 0.29) is 10.6 Å². The van der Waals surface area contributed by atoms with E-state index in [1.807, 2.05) is 37.3 Å². The summed E-state index contributed by atoms with van der Waals surface area (Å²) in [6, 6.07) is 13.1. The van der Waals surface area contributed by atoms with E-state index < -0.39 is 11.4 Å². The number of aryl methyl sites for hydroxylation is 1. The van der Waals surface area contributed by atoms with E-state index in [9.17, 15) is 14.9 Å². The molecule has 0 fully saturated rings. The predicted octanol–water partition coefficient (Wildman–Crippen LogP) is 4.64. The average Bonchev–Trinajstić information content (AvgIpc) is 2.61. The minimum Gasteiger partial charge on any atom is -0.481 e. The van der Waals surface area contributed by atoms with Crippen molar-refractivity contribution < 1.29 is 14.8 Å². The Kier molecular flexibility index (Phi) is 6.98. The summed E-state index contributed by atoms with van der Waals surface area (Å²) in [5, 5.41) is 23.7. The van der Waals surface area contributed by atoms with Gasteiger partial charge in [0, 0.05) is 17.5 Å². The molecule has 0 aliphatic carbocycles. The Morgan fingerprint density at radius 1 is 1.22 bits per heavy atom. The van der Waals surface area contributed by atoms with Crippen LogP contribution in [0.4, 0.5) is 5.69 Å². The van der Waals surface area contributed by atoms with Gasteiger partial charge in [-0.2, -0.15) is 0 Å². The third kappa shape index (κ3) is 6.08. The topological polar surface area (TPSA) is 92.5 Å². The highest BCUT2D eigenvalue weighted by Crippen LogP contribution is 2.35. The first-order chi connectivity index (χ1) is 12.7. The van der Waals surface area contributed by atoms with Crippen LogP contribution in [0.1, 0.15) is 31.4 Å². The number of hydrogen-bond acceptors (Lipinski definition) is 5. The molecule has 0 radical (unpaired) electrons. The molecule has 6 nitrogen and oxygen atoms in total. The van der Waals surface area contributed by atoms with Crippen LogP contribution in [0.3, 0.4) is 0 Å². The van der Waals surface area contributed by atoms with Crippen molar-refractivity contribution in [2.75, 3.05) is 6.54 Å². The van der Waals surface area contributed by atoms with Crippen molar-refractivity contribution in [3.63, 3.8) is 0 Å². The minimum atomic E-state index is -0.836. The van der Waals surface area contributed by atoms with Gasteiger partial charge in [0.25, 0.3) is 5.69 Å². The molecule has 0 bridgehead atoms. The van der Waals surface area contributed by atoms with Crippen molar-refractivity contribution in [2.45, 2.75) is 43.5 Å². The number of rotatable bonds is 9. The number of aliphatic carboxylic acids is 1. The van der Waals surface area contributed by atoms with Gasteiger partial charge >= 0.3 is 5.97 Å². The molecule has 2 N–H and O–H groups in total. The molecule has 0 aliphatic rings. The standard InChI is InChI=1S/C20H24N2O4S/c1-14-4-7-16(8-5-14)27-18-9-6-15(12-17(18)22(25)26)13-21-11-10-20(2,3)19(23)24/h4-9,12,21H,10-11,13H2,1-3H3,(H,23,24). The van der Waals surface area contributed by atoms with Gasteiger partial charge in [0.15, 0.2) is 0 Å². The van der Waals surface area contributed by atoms with Crippen molar-refractivity contribution in [2.24, 2.45) is 5.41 Å². The molecule has 2 rings (SSSR count). The van der Waals surface area contributed by atoms with Gasteiger partial charge in [0.1, 0.15) is 0 Å². The van der Waals surface area contributed by atoms with Crippen molar-refractivity contribution in [3.8, 4) is 0 Å². The van der Waals surface area contributed by atoms with E-state index in [2.05, 4.69) is 5.32 Å². The first-order valence-corrected chi connectivity index (χ1v) is 9.46. The lowest BCUT2D eigenvalue weighted by molar-refractivity contribution is -0.387. The molecular formula is C20H24N2O4S. The van der Waals surface area contributed by atoms with Gasteiger partial charge in [-0.3, -0.25) is 14.9 Å². The lowest BCUT2D eigenvalue weighted by Gasteiger charge is -2.19. The molecule has 0 unspecified atom stereocenters.